The molecule has 1 N–H and O–H groups in total. The third-order valence-corrected chi connectivity index (χ3v) is 6.03. The molecule has 2 aromatic carbocycles. The van der Waals surface area contributed by atoms with E-state index in [2.05, 4.69) is 4.90 Å². The van der Waals surface area contributed by atoms with Crippen LogP contribution >= 0.6 is 0 Å². The van der Waals surface area contributed by atoms with Crippen molar-refractivity contribution in [1.29, 1.82) is 0 Å². The number of ether oxygens (including phenoxy) is 3. The van der Waals surface area contributed by atoms with Crippen LogP contribution in [-0.4, -0.2) is 64.9 Å². The Morgan fingerprint density at radius 3 is 2.69 bits per heavy atom. The van der Waals surface area contributed by atoms with E-state index in [9.17, 15) is 9.50 Å². The lowest BCUT2D eigenvalue weighted by Gasteiger charge is -2.27. The molecule has 8 heteroatoms. The molecule has 4 rings (SSSR count). The summed E-state index contributed by atoms with van der Waals surface area (Å²) >= 11 is 0. The summed E-state index contributed by atoms with van der Waals surface area (Å²) in [4.78, 5) is 2.15. The topological polar surface area (TPSA) is 69.0 Å². The van der Waals surface area contributed by atoms with Crippen molar-refractivity contribution < 1.29 is 23.7 Å². The van der Waals surface area contributed by atoms with Gasteiger partial charge in [0.15, 0.2) is 11.6 Å². The van der Waals surface area contributed by atoms with Crippen LogP contribution in [-0.2, 0) is 23.1 Å². The van der Waals surface area contributed by atoms with Crippen LogP contribution in [0.4, 0.5) is 4.39 Å². The molecule has 1 saturated heterocycles. The maximum Gasteiger partial charge on any atom is 0.222 e. The Morgan fingerprint density at radius 1 is 1.20 bits per heavy atom. The first-order valence-electron chi connectivity index (χ1n) is 12.2. The molecule has 1 aromatic heterocycles. The van der Waals surface area contributed by atoms with Crippen molar-refractivity contribution in [3.63, 3.8) is 0 Å². The zero-order valence-corrected chi connectivity index (χ0v) is 20.4. The van der Waals surface area contributed by atoms with E-state index in [1.165, 1.54) is 6.07 Å². The second-order valence-electron chi connectivity index (χ2n) is 8.80. The molecule has 1 aliphatic heterocycles. The van der Waals surface area contributed by atoms with Gasteiger partial charge in [-0.05, 0) is 31.9 Å². The Kier molecular flexibility index (Phi) is 8.87. The lowest BCUT2D eigenvalue weighted by molar-refractivity contribution is 0.00505. The highest BCUT2D eigenvalue weighted by atomic mass is 19.1. The normalized spacial score (nSPS) is 16.7. The summed E-state index contributed by atoms with van der Waals surface area (Å²) in [6.45, 7) is 4.98. The fourth-order valence-electron chi connectivity index (χ4n) is 4.39. The Labute approximate surface area is 206 Å². The van der Waals surface area contributed by atoms with E-state index in [-0.39, 0.29) is 18.5 Å². The van der Waals surface area contributed by atoms with Crippen LogP contribution in [0.25, 0.3) is 11.3 Å². The van der Waals surface area contributed by atoms with Gasteiger partial charge in [0.1, 0.15) is 5.69 Å². The molecule has 0 aliphatic carbocycles. The second-order valence-corrected chi connectivity index (χ2v) is 8.80. The lowest BCUT2D eigenvalue weighted by Crippen LogP contribution is -2.39. The smallest absolute Gasteiger partial charge is 0.222 e. The third kappa shape index (κ3) is 6.67. The van der Waals surface area contributed by atoms with E-state index < -0.39 is 11.9 Å². The van der Waals surface area contributed by atoms with Crippen LogP contribution in [0.3, 0.4) is 0 Å². The van der Waals surface area contributed by atoms with Gasteiger partial charge in [0.05, 0.1) is 24.4 Å². The molecule has 188 valence electrons. The molecule has 0 saturated carbocycles. The first-order valence-corrected chi connectivity index (χ1v) is 12.2. The van der Waals surface area contributed by atoms with Crippen molar-refractivity contribution in [3.05, 3.63) is 66.0 Å². The Hall–Kier alpha value is -2.78. The van der Waals surface area contributed by atoms with E-state index in [1.54, 1.807) is 29.9 Å². The molecule has 2 atom stereocenters. The van der Waals surface area contributed by atoms with Crippen LogP contribution in [0.15, 0.2) is 54.6 Å². The van der Waals surface area contributed by atoms with Gasteiger partial charge in [-0.15, -0.1) is 0 Å². The van der Waals surface area contributed by atoms with E-state index >= 15 is 0 Å². The number of aliphatic hydroxyl groups excluding tert-OH is 1. The molecule has 35 heavy (non-hydrogen) atoms. The number of hydrogen-bond acceptors (Lipinski definition) is 6. The van der Waals surface area contributed by atoms with E-state index in [0.29, 0.717) is 32.1 Å². The Bertz CT molecular complexity index is 1070. The number of nitrogens with zero attached hydrogens (tertiary/aromatic N) is 3. The van der Waals surface area contributed by atoms with E-state index in [0.717, 1.165) is 36.3 Å². The zero-order chi connectivity index (χ0) is 24.6. The molecule has 3 aromatic rings. The lowest BCUT2D eigenvalue weighted by atomic mass is 10.1. The van der Waals surface area contributed by atoms with Gasteiger partial charge < -0.3 is 19.3 Å². The van der Waals surface area contributed by atoms with Gasteiger partial charge in [0.2, 0.25) is 5.88 Å². The predicted molar refractivity (Wildman–Crippen MR) is 132 cm³/mol. The number of hydrogen-bond donors (Lipinski definition) is 1. The van der Waals surface area contributed by atoms with Gasteiger partial charge >= 0.3 is 0 Å². The van der Waals surface area contributed by atoms with Gasteiger partial charge in [-0.3, -0.25) is 4.90 Å². The summed E-state index contributed by atoms with van der Waals surface area (Å²) < 4.78 is 33.5. The van der Waals surface area contributed by atoms with Gasteiger partial charge in [0, 0.05) is 45.5 Å². The SMILES string of the molecule is CCOC[C@H](O)CN(Cc1c(-c2ccccc2)nn(C)c1Oc1ccccc1F)C[C@@H]1CCCO1. The molecule has 2 heterocycles. The van der Waals surface area contributed by atoms with Crippen LogP contribution < -0.4 is 4.74 Å². The highest BCUT2D eigenvalue weighted by Gasteiger charge is 2.26. The van der Waals surface area contributed by atoms with Crippen LogP contribution in [0.2, 0.25) is 0 Å². The molecule has 0 radical (unpaired) electrons. The molecule has 0 amide bonds. The molecule has 1 aliphatic rings. The standard InChI is InChI=1S/C27H34FN3O4/c1-3-33-19-21(32)16-31(17-22-12-9-15-34-22)18-23-26(20-10-5-4-6-11-20)29-30(2)27(23)35-25-14-8-7-13-24(25)28/h4-8,10-11,13-14,21-22,32H,3,9,12,15-19H2,1-2H3/t21-,22+/m1/s1. The summed E-state index contributed by atoms with van der Waals surface area (Å²) in [5, 5.41) is 15.4. The van der Waals surface area contributed by atoms with Crippen molar-refractivity contribution in [1.82, 2.24) is 14.7 Å². The molecule has 7 nitrogen and oxygen atoms in total. The monoisotopic (exact) mass is 483 g/mol. The maximum atomic E-state index is 14.5. The zero-order valence-electron chi connectivity index (χ0n) is 20.4. The average molecular weight is 484 g/mol. The molecule has 1 fully saturated rings. The number of para-hydroxylation sites is 1. The maximum absolute atomic E-state index is 14.5. The minimum atomic E-state index is -0.649. The molecular weight excluding hydrogens is 449 g/mol. The van der Waals surface area contributed by atoms with E-state index in [4.69, 9.17) is 19.3 Å². The van der Waals surface area contributed by atoms with Gasteiger partial charge in [-0.1, -0.05) is 42.5 Å². The van der Waals surface area contributed by atoms with Crippen LogP contribution in [0, 0.1) is 5.82 Å². The fourth-order valence-corrected chi connectivity index (χ4v) is 4.39. The quantitative estimate of drug-likeness (QED) is 0.412. The molecule has 0 bridgehead atoms. The number of benzene rings is 2. The highest BCUT2D eigenvalue weighted by molar-refractivity contribution is 5.65. The summed E-state index contributed by atoms with van der Waals surface area (Å²) in [5.74, 6) is 0.160. The number of aromatic nitrogens is 2. The minimum absolute atomic E-state index is 0.0991. The Balaban J connectivity index is 1.68. The van der Waals surface area contributed by atoms with Crippen molar-refractivity contribution in [3.8, 4) is 22.9 Å². The molecular formula is C27H34FN3O4. The first-order chi connectivity index (χ1) is 17.0. The molecule has 0 unspecified atom stereocenters. The van der Waals surface area contributed by atoms with Gasteiger partial charge in [-0.2, -0.15) is 5.10 Å². The average Bonchev–Trinajstić information content (AvgIpc) is 3.48. The van der Waals surface area contributed by atoms with Crippen molar-refractivity contribution in [2.75, 3.05) is 32.9 Å². The summed E-state index contributed by atoms with van der Waals surface area (Å²) in [7, 11) is 1.79. The van der Waals surface area contributed by atoms with Gasteiger partial charge in [-0.25, -0.2) is 9.07 Å². The molecule has 0 spiro atoms. The number of aliphatic hydroxyl groups is 1. The number of rotatable bonds is 12. The minimum Gasteiger partial charge on any atom is -0.436 e. The van der Waals surface area contributed by atoms with Crippen molar-refractivity contribution in [2.45, 2.75) is 38.5 Å². The summed E-state index contributed by atoms with van der Waals surface area (Å²) in [5.41, 5.74) is 2.52. The summed E-state index contributed by atoms with van der Waals surface area (Å²) in [6.07, 6.45) is 1.46. The van der Waals surface area contributed by atoms with E-state index in [1.807, 2.05) is 37.3 Å². The van der Waals surface area contributed by atoms with Crippen molar-refractivity contribution in [2.24, 2.45) is 7.05 Å². The van der Waals surface area contributed by atoms with Crippen LogP contribution in [0.1, 0.15) is 25.3 Å². The number of aryl methyl sites for hydroxylation is 1. The van der Waals surface area contributed by atoms with Crippen molar-refractivity contribution >= 4 is 0 Å². The number of halogens is 1. The predicted octanol–water partition coefficient (Wildman–Crippen LogP) is 4.40. The first kappa shape index (κ1) is 25.3. The summed E-state index contributed by atoms with van der Waals surface area (Å²) in [6, 6.07) is 16.2. The Morgan fingerprint density at radius 2 is 1.97 bits per heavy atom. The third-order valence-electron chi connectivity index (χ3n) is 6.03. The van der Waals surface area contributed by atoms with Crippen LogP contribution in [0.5, 0.6) is 11.6 Å². The second kappa shape index (κ2) is 12.3. The fraction of sp³-hybridized carbons (Fsp3) is 0.444. The highest BCUT2D eigenvalue weighted by Crippen LogP contribution is 2.35. The van der Waals surface area contributed by atoms with Gasteiger partial charge in [0.25, 0.3) is 0 Å². The largest absolute Gasteiger partial charge is 0.436 e.